The van der Waals surface area contributed by atoms with Gasteiger partial charge in [0.1, 0.15) is 17.3 Å². The van der Waals surface area contributed by atoms with Gasteiger partial charge in [-0.15, -0.1) is 22.0 Å². The molecule has 0 bridgehead atoms. The van der Waals surface area contributed by atoms with Gasteiger partial charge < -0.3 is 25.4 Å². The number of carbonyl (C=O) groups excluding carboxylic acids is 1. The highest BCUT2D eigenvalue weighted by Crippen LogP contribution is 2.30. The standard InChI is InChI=1S/C21H23ClN6O3S/c1-23-21(29)19-15(26-20-17(32-4)7-13(22)11-25-20)9-18(27-28-19)24-10-12-5-6-14(30-2)8-16(12)31-3/h5-9,11H,10H2,1-4H3,(H,23,29)(H2,24,25,26,27). The van der Waals surface area contributed by atoms with E-state index in [0.717, 1.165) is 10.5 Å². The average Bonchev–Trinajstić information content (AvgIpc) is 2.83. The zero-order valence-electron chi connectivity index (χ0n) is 18.0. The van der Waals surface area contributed by atoms with E-state index in [1.165, 1.54) is 25.0 Å². The number of aromatic nitrogens is 3. The number of pyridine rings is 1. The number of anilines is 3. The summed E-state index contributed by atoms with van der Waals surface area (Å²) in [6.45, 7) is 0.426. The number of amides is 1. The lowest BCUT2D eigenvalue weighted by molar-refractivity contribution is 0.0958. The van der Waals surface area contributed by atoms with Gasteiger partial charge in [0.15, 0.2) is 11.5 Å². The highest BCUT2D eigenvalue weighted by Gasteiger charge is 2.17. The minimum atomic E-state index is -0.372. The monoisotopic (exact) mass is 474 g/mol. The van der Waals surface area contributed by atoms with Gasteiger partial charge in [-0.25, -0.2) is 4.98 Å². The van der Waals surface area contributed by atoms with E-state index in [2.05, 4.69) is 31.1 Å². The average molecular weight is 475 g/mol. The molecule has 0 aliphatic carbocycles. The third-order valence-electron chi connectivity index (χ3n) is 4.48. The minimum Gasteiger partial charge on any atom is -0.497 e. The Morgan fingerprint density at radius 1 is 1.16 bits per heavy atom. The van der Waals surface area contributed by atoms with Crippen LogP contribution in [-0.2, 0) is 6.54 Å². The molecule has 0 radical (unpaired) electrons. The first-order valence-electron chi connectivity index (χ1n) is 9.50. The maximum absolute atomic E-state index is 12.3. The maximum Gasteiger partial charge on any atom is 0.273 e. The lowest BCUT2D eigenvalue weighted by Crippen LogP contribution is -2.22. The number of nitrogens with zero attached hydrogens (tertiary/aromatic N) is 3. The molecule has 0 unspecified atom stereocenters. The second-order valence-corrected chi connectivity index (χ2v) is 7.72. The molecule has 11 heteroatoms. The molecule has 0 atom stereocenters. The Morgan fingerprint density at radius 2 is 1.97 bits per heavy atom. The topological polar surface area (TPSA) is 110 Å². The summed E-state index contributed by atoms with van der Waals surface area (Å²) in [5.74, 6) is 2.04. The molecule has 32 heavy (non-hydrogen) atoms. The van der Waals surface area contributed by atoms with Crippen LogP contribution in [-0.4, -0.2) is 48.6 Å². The van der Waals surface area contributed by atoms with Crippen LogP contribution in [0.5, 0.6) is 11.5 Å². The van der Waals surface area contributed by atoms with Crippen LogP contribution in [0.3, 0.4) is 0 Å². The van der Waals surface area contributed by atoms with Gasteiger partial charge in [0.2, 0.25) is 0 Å². The Bertz CT molecular complexity index is 1110. The van der Waals surface area contributed by atoms with Crippen molar-refractivity contribution in [3.05, 3.63) is 52.8 Å². The van der Waals surface area contributed by atoms with Crippen molar-refractivity contribution in [3.8, 4) is 11.5 Å². The summed E-state index contributed by atoms with van der Waals surface area (Å²) in [4.78, 5) is 17.5. The zero-order valence-corrected chi connectivity index (χ0v) is 19.6. The minimum absolute atomic E-state index is 0.142. The van der Waals surface area contributed by atoms with Crippen molar-refractivity contribution in [1.82, 2.24) is 20.5 Å². The van der Waals surface area contributed by atoms with E-state index in [0.29, 0.717) is 40.4 Å². The Balaban J connectivity index is 1.88. The van der Waals surface area contributed by atoms with Crippen LogP contribution < -0.4 is 25.4 Å². The summed E-state index contributed by atoms with van der Waals surface area (Å²) in [5.41, 5.74) is 1.50. The molecule has 2 aromatic heterocycles. The second-order valence-electron chi connectivity index (χ2n) is 6.43. The normalized spacial score (nSPS) is 10.4. The number of hydrogen-bond donors (Lipinski definition) is 3. The molecule has 2 heterocycles. The molecule has 0 fully saturated rings. The van der Waals surface area contributed by atoms with Crippen LogP contribution in [0, 0.1) is 0 Å². The number of methoxy groups -OCH3 is 2. The molecule has 1 aromatic carbocycles. The van der Waals surface area contributed by atoms with Crippen LogP contribution in [0.4, 0.5) is 17.3 Å². The molecular formula is C21H23ClN6O3S. The lowest BCUT2D eigenvalue weighted by atomic mass is 10.2. The van der Waals surface area contributed by atoms with Crippen LogP contribution in [0.25, 0.3) is 0 Å². The van der Waals surface area contributed by atoms with Crippen molar-refractivity contribution >= 4 is 46.6 Å². The van der Waals surface area contributed by atoms with E-state index in [9.17, 15) is 4.79 Å². The summed E-state index contributed by atoms with van der Waals surface area (Å²) >= 11 is 7.53. The summed E-state index contributed by atoms with van der Waals surface area (Å²) in [6, 6.07) is 9.06. The van der Waals surface area contributed by atoms with Crippen molar-refractivity contribution < 1.29 is 14.3 Å². The van der Waals surface area contributed by atoms with Gasteiger partial charge in [0, 0.05) is 37.5 Å². The molecule has 0 spiro atoms. The second kappa shape index (κ2) is 10.9. The van der Waals surface area contributed by atoms with Gasteiger partial charge in [0.05, 0.1) is 29.8 Å². The maximum atomic E-state index is 12.3. The van der Waals surface area contributed by atoms with E-state index in [4.69, 9.17) is 21.1 Å². The Labute approximate surface area is 195 Å². The van der Waals surface area contributed by atoms with Gasteiger partial charge in [-0.3, -0.25) is 4.79 Å². The van der Waals surface area contributed by atoms with Gasteiger partial charge in [0.25, 0.3) is 5.91 Å². The van der Waals surface area contributed by atoms with E-state index in [1.807, 2.05) is 18.4 Å². The summed E-state index contributed by atoms with van der Waals surface area (Å²) in [5, 5.41) is 17.7. The van der Waals surface area contributed by atoms with Crippen molar-refractivity contribution in [2.75, 3.05) is 38.2 Å². The lowest BCUT2D eigenvalue weighted by Gasteiger charge is -2.15. The third kappa shape index (κ3) is 5.51. The summed E-state index contributed by atoms with van der Waals surface area (Å²) < 4.78 is 10.7. The fourth-order valence-electron chi connectivity index (χ4n) is 2.84. The van der Waals surface area contributed by atoms with Crippen LogP contribution in [0.15, 0.2) is 41.4 Å². The first-order valence-corrected chi connectivity index (χ1v) is 11.1. The predicted molar refractivity (Wildman–Crippen MR) is 127 cm³/mol. The first kappa shape index (κ1) is 23.4. The number of thioether (sulfide) groups is 1. The summed E-state index contributed by atoms with van der Waals surface area (Å²) in [7, 11) is 4.73. The molecular weight excluding hydrogens is 452 g/mol. The molecule has 0 saturated carbocycles. The largest absolute Gasteiger partial charge is 0.497 e. The van der Waals surface area contributed by atoms with Gasteiger partial charge in [-0.1, -0.05) is 11.6 Å². The number of carbonyl (C=O) groups is 1. The molecule has 1 amide bonds. The highest BCUT2D eigenvalue weighted by molar-refractivity contribution is 7.98. The number of ether oxygens (including phenoxy) is 2. The number of nitrogens with one attached hydrogen (secondary N) is 3. The van der Waals surface area contributed by atoms with Gasteiger partial charge in [-0.05, 0) is 24.5 Å². The molecule has 9 nitrogen and oxygen atoms in total. The summed E-state index contributed by atoms with van der Waals surface area (Å²) in [6.07, 6.45) is 3.45. The molecule has 3 aromatic rings. The number of benzene rings is 1. The van der Waals surface area contributed by atoms with Crippen molar-refractivity contribution in [2.45, 2.75) is 11.4 Å². The zero-order chi connectivity index (χ0) is 23.1. The smallest absolute Gasteiger partial charge is 0.273 e. The highest BCUT2D eigenvalue weighted by atomic mass is 35.5. The predicted octanol–water partition coefficient (Wildman–Crippen LogP) is 3.98. The Morgan fingerprint density at radius 3 is 2.66 bits per heavy atom. The van der Waals surface area contributed by atoms with E-state index in [1.54, 1.807) is 32.4 Å². The molecule has 0 aliphatic heterocycles. The molecule has 3 N–H and O–H groups in total. The van der Waals surface area contributed by atoms with Crippen LogP contribution in [0.2, 0.25) is 5.02 Å². The van der Waals surface area contributed by atoms with Crippen molar-refractivity contribution in [1.29, 1.82) is 0 Å². The quantitative estimate of drug-likeness (QED) is 0.396. The molecule has 3 rings (SSSR count). The first-order chi connectivity index (χ1) is 15.5. The van der Waals surface area contributed by atoms with Crippen LogP contribution >= 0.6 is 23.4 Å². The molecule has 168 valence electrons. The number of rotatable bonds is 9. The van der Waals surface area contributed by atoms with Crippen molar-refractivity contribution in [2.24, 2.45) is 0 Å². The van der Waals surface area contributed by atoms with Gasteiger partial charge in [-0.2, -0.15) is 0 Å². The number of halogens is 1. The van der Waals surface area contributed by atoms with E-state index < -0.39 is 0 Å². The fraction of sp³-hybridized carbons (Fsp3) is 0.238. The Hall–Kier alpha value is -3.24. The fourth-order valence-corrected chi connectivity index (χ4v) is 3.61. The van der Waals surface area contributed by atoms with E-state index in [-0.39, 0.29) is 11.6 Å². The molecule has 0 aliphatic rings. The van der Waals surface area contributed by atoms with E-state index >= 15 is 0 Å². The number of hydrogen-bond acceptors (Lipinski definition) is 9. The van der Waals surface area contributed by atoms with Crippen molar-refractivity contribution in [3.63, 3.8) is 0 Å². The Kier molecular flexibility index (Phi) is 7.96. The molecule has 0 saturated heterocycles. The SMILES string of the molecule is CNC(=O)c1nnc(NCc2ccc(OC)cc2OC)cc1Nc1ncc(Cl)cc1SC. The van der Waals surface area contributed by atoms with Gasteiger partial charge >= 0.3 is 0 Å². The van der Waals surface area contributed by atoms with Crippen LogP contribution in [0.1, 0.15) is 16.1 Å². The third-order valence-corrected chi connectivity index (χ3v) is 5.44.